The maximum absolute atomic E-state index is 13.9. The minimum absolute atomic E-state index is 0.191. The van der Waals surface area contributed by atoms with Gasteiger partial charge in [-0.1, -0.05) is 13.8 Å². The first kappa shape index (κ1) is 14.2. The zero-order chi connectivity index (χ0) is 14.2. The Morgan fingerprint density at radius 2 is 1.95 bits per heavy atom. The number of aromatic nitrogens is 1. The summed E-state index contributed by atoms with van der Waals surface area (Å²) in [5.74, 6) is -0.848. The molecule has 0 saturated heterocycles. The van der Waals surface area contributed by atoms with Crippen LogP contribution in [0, 0.1) is 17.6 Å². The van der Waals surface area contributed by atoms with Crippen molar-refractivity contribution in [1.82, 2.24) is 4.98 Å². The van der Waals surface area contributed by atoms with Gasteiger partial charge < -0.3 is 5.32 Å². The Bertz CT molecular complexity index is 627. The third-order valence-corrected chi connectivity index (χ3v) is 3.64. The van der Waals surface area contributed by atoms with Gasteiger partial charge in [-0.15, -0.1) is 0 Å². The quantitative estimate of drug-likeness (QED) is 0.838. The summed E-state index contributed by atoms with van der Waals surface area (Å²) in [7, 11) is 1.73. The summed E-state index contributed by atoms with van der Waals surface area (Å²) >= 11 is 3.16. The largest absolute Gasteiger partial charge is 0.387 e. The molecule has 0 unspecified atom stereocenters. The number of hydrogen-bond acceptors (Lipinski definition) is 2. The van der Waals surface area contributed by atoms with Gasteiger partial charge in [-0.25, -0.2) is 13.8 Å². The molecule has 2 aromatic rings. The predicted molar refractivity (Wildman–Crippen MR) is 77.4 cm³/mol. The molecule has 5 heteroatoms. The van der Waals surface area contributed by atoms with Gasteiger partial charge in [0.1, 0.15) is 11.3 Å². The van der Waals surface area contributed by atoms with Gasteiger partial charge in [0.25, 0.3) is 0 Å². The van der Waals surface area contributed by atoms with Gasteiger partial charge in [0.15, 0.2) is 5.82 Å². The second kappa shape index (κ2) is 5.41. The Morgan fingerprint density at radius 3 is 2.53 bits per heavy atom. The summed E-state index contributed by atoms with van der Waals surface area (Å²) in [6.45, 7) is 4.14. The van der Waals surface area contributed by atoms with Crippen LogP contribution in [0.1, 0.15) is 19.5 Å². The second-order valence-electron chi connectivity index (χ2n) is 4.89. The average Bonchev–Trinajstić information content (AvgIpc) is 2.34. The first-order chi connectivity index (χ1) is 8.93. The monoisotopic (exact) mass is 328 g/mol. The van der Waals surface area contributed by atoms with Crippen LogP contribution in [-0.4, -0.2) is 12.0 Å². The smallest absolute Gasteiger partial charge is 0.152 e. The fourth-order valence-electron chi connectivity index (χ4n) is 2.08. The van der Waals surface area contributed by atoms with Crippen molar-refractivity contribution in [2.75, 3.05) is 12.4 Å². The number of hydrogen-bond donors (Lipinski definition) is 1. The molecular weight excluding hydrogens is 314 g/mol. The van der Waals surface area contributed by atoms with E-state index in [1.54, 1.807) is 7.05 Å². The molecule has 1 heterocycles. The van der Waals surface area contributed by atoms with Crippen LogP contribution in [-0.2, 0) is 6.42 Å². The predicted octanol–water partition coefficient (Wildman–Crippen LogP) is 4.52. The van der Waals surface area contributed by atoms with Crippen molar-refractivity contribution in [1.29, 1.82) is 0 Å². The molecule has 2 nitrogen and oxygen atoms in total. The molecule has 0 spiro atoms. The molecule has 0 amide bonds. The molecule has 1 aromatic heterocycles. The van der Waals surface area contributed by atoms with Gasteiger partial charge in [-0.3, -0.25) is 0 Å². The van der Waals surface area contributed by atoms with E-state index in [1.165, 1.54) is 0 Å². The van der Waals surface area contributed by atoms with Crippen molar-refractivity contribution in [2.45, 2.75) is 20.3 Å². The molecule has 1 N–H and O–H groups in total. The van der Waals surface area contributed by atoms with E-state index in [0.717, 1.165) is 18.2 Å². The fourth-order valence-corrected chi connectivity index (χ4v) is 2.59. The fraction of sp³-hybridized carbons (Fsp3) is 0.357. The summed E-state index contributed by atoms with van der Waals surface area (Å²) in [6.07, 6.45) is 0.749. The van der Waals surface area contributed by atoms with Crippen molar-refractivity contribution >= 4 is 32.5 Å². The summed E-state index contributed by atoms with van der Waals surface area (Å²) < 4.78 is 27.7. The maximum atomic E-state index is 13.9. The van der Waals surface area contributed by atoms with E-state index in [4.69, 9.17) is 0 Å². The van der Waals surface area contributed by atoms with E-state index in [1.807, 2.05) is 6.07 Å². The third kappa shape index (κ3) is 2.71. The molecule has 0 fully saturated rings. The molecule has 0 atom stereocenters. The molecule has 0 bridgehead atoms. The zero-order valence-electron chi connectivity index (χ0n) is 11.0. The number of nitrogens with one attached hydrogen (secondary N) is 1. The highest BCUT2D eigenvalue weighted by molar-refractivity contribution is 9.10. The Balaban J connectivity index is 2.77. The SMILES string of the molecule is CNc1cc(CC(C)C)nc2c(F)cc(F)c(Br)c12. The molecule has 1 aromatic carbocycles. The Hall–Kier alpha value is -1.23. The number of pyridine rings is 1. The minimum atomic E-state index is -0.641. The van der Waals surface area contributed by atoms with Gasteiger partial charge in [0.05, 0.1) is 4.47 Å². The molecule has 0 aliphatic rings. The number of anilines is 1. The van der Waals surface area contributed by atoms with E-state index < -0.39 is 11.6 Å². The molecule has 0 saturated carbocycles. The van der Waals surface area contributed by atoms with Crippen LogP contribution in [0.4, 0.5) is 14.5 Å². The van der Waals surface area contributed by atoms with Crippen molar-refractivity contribution in [3.63, 3.8) is 0 Å². The highest BCUT2D eigenvalue weighted by Crippen LogP contribution is 2.34. The lowest BCUT2D eigenvalue weighted by atomic mass is 10.1. The van der Waals surface area contributed by atoms with Gasteiger partial charge in [-0.05, 0) is 34.3 Å². The minimum Gasteiger partial charge on any atom is -0.387 e. The van der Waals surface area contributed by atoms with Crippen LogP contribution < -0.4 is 5.32 Å². The standard InChI is InChI=1S/C14H15BrF2N2/c1-7(2)4-8-5-11(18-3)12-13(15)9(16)6-10(17)14(12)19-8/h5-7H,4H2,1-3H3,(H,18,19). The van der Waals surface area contributed by atoms with Crippen molar-refractivity contribution in [3.05, 3.63) is 33.9 Å². The first-order valence-electron chi connectivity index (χ1n) is 6.09. The summed E-state index contributed by atoms with van der Waals surface area (Å²) in [6, 6.07) is 2.70. The lowest BCUT2D eigenvalue weighted by Crippen LogP contribution is -2.02. The van der Waals surface area contributed by atoms with Gasteiger partial charge in [0.2, 0.25) is 0 Å². The topological polar surface area (TPSA) is 24.9 Å². The van der Waals surface area contributed by atoms with E-state index in [9.17, 15) is 8.78 Å². The van der Waals surface area contributed by atoms with Gasteiger partial charge in [0, 0.05) is 29.9 Å². The third-order valence-electron chi connectivity index (χ3n) is 2.87. The molecular formula is C14H15BrF2N2. The average molecular weight is 329 g/mol. The Morgan fingerprint density at radius 1 is 1.26 bits per heavy atom. The highest BCUT2D eigenvalue weighted by atomic mass is 79.9. The van der Waals surface area contributed by atoms with E-state index in [0.29, 0.717) is 17.0 Å². The molecule has 0 radical (unpaired) electrons. The molecule has 19 heavy (non-hydrogen) atoms. The Labute approximate surface area is 119 Å². The van der Waals surface area contributed by atoms with Crippen LogP contribution in [0.2, 0.25) is 0 Å². The number of rotatable bonds is 3. The molecule has 102 valence electrons. The summed E-state index contributed by atoms with van der Waals surface area (Å²) in [5.41, 5.74) is 1.66. The van der Waals surface area contributed by atoms with E-state index in [-0.39, 0.29) is 9.99 Å². The van der Waals surface area contributed by atoms with Crippen molar-refractivity contribution < 1.29 is 8.78 Å². The van der Waals surface area contributed by atoms with Crippen molar-refractivity contribution in [2.24, 2.45) is 5.92 Å². The molecule has 0 aliphatic heterocycles. The van der Waals surface area contributed by atoms with Crippen LogP contribution in [0.25, 0.3) is 10.9 Å². The van der Waals surface area contributed by atoms with Crippen LogP contribution in [0.5, 0.6) is 0 Å². The maximum Gasteiger partial charge on any atom is 0.152 e. The lowest BCUT2D eigenvalue weighted by molar-refractivity contribution is 0.585. The molecule has 2 rings (SSSR count). The van der Waals surface area contributed by atoms with Crippen LogP contribution in [0.15, 0.2) is 16.6 Å². The van der Waals surface area contributed by atoms with Crippen LogP contribution in [0.3, 0.4) is 0 Å². The lowest BCUT2D eigenvalue weighted by Gasteiger charge is -2.13. The Kier molecular flexibility index (Phi) is 4.04. The number of halogens is 3. The van der Waals surface area contributed by atoms with Gasteiger partial charge >= 0.3 is 0 Å². The van der Waals surface area contributed by atoms with Crippen LogP contribution >= 0.6 is 15.9 Å². The summed E-state index contributed by atoms with van der Waals surface area (Å²) in [4.78, 5) is 4.31. The molecule has 0 aliphatic carbocycles. The van der Waals surface area contributed by atoms with E-state index >= 15 is 0 Å². The van der Waals surface area contributed by atoms with Crippen molar-refractivity contribution in [3.8, 4) is 0 Å². The zero-order valence-corrected chi connectivity index (χ0v) is 12.6. The van der Waals surface area contributed by atoms with E-state index in [2.05, 4.69) is 40.1 Å². The second-order valence-corrected chi connectivity index (χ2v) is 5.68. The number of fused-ring (bicyclic) bond motifs is 1. The summed E-state index contributed by atoms with van der Waals surface area (Å²) in [5, 5.41) is 3.41. The first-order valence-corrected chi connectivity index (χ1v) is 6.88. The highest BCUT2D eigenvalue weighted by Gasteiger charge is 2.16. The number of nitrogens with zero attached hydrogens (tertiary/aromatic N) is 1. The normalized spacial score (nSPS) is 11.3. The van der Waals surface area contributed by atoms with Gasteiger partial charge in [-0.2, -0.15) is 0 Å². The number of benzene rings is 1.